The minimum absolute atomic E-state index is 0.00198. The van der Waals surface area contributed by atoms with E-state index in [0.29, 0.717) is 19.6 Å². The van der Waals surface area contributed by atoms with Crippen LogP contribution in [0.3, 0.4) is 0 Å². The summed E-state index contributed by atoms with van der Waals surface area (Å²) in [5.74, 6) is -0.542. The van der Waals surface area contributed by atoms with E-state index in [0.717, 1.165) is 19.6 Å². The van der Waals surface area contributed by atoms with Gasteiger partial charge in [-0.2, -0.15) is 0 Å². The number of nitrogens with one attached hydrogen (secondary N) is 6. The van der Waals surface area contributed by atoms with Crippen molar-refractivity contribution in [2.45, 2.75) is 33.6 Å². The third kappa shape index (κ3) is 14.3. The molecule has 9 nitrogen and oxygen atoms in total. The normalized spacial score (nSPS) is 15.0. The Morgan fingerprint density at radius 2 is 0.900 bits per heavy atom. The molecule has 0 spiro atoms. The second-order valence-corrected chi connectivity index (χ2v) is 8.45. The largest absolute Gasteiger partial charge is 0.356 e. The molecule has 3 atom stereocenters. The lowest BCUT2D eigenvalue weighted by Crippen LogP contribution is -2.41. The van der Waals surface area contributed by atoms with Crippen LogP contribution < -0.4 is 31.9 Å². The molecule has 0 aromatic carbocycles. The van der Waals surface area contributed by atoms with Gasteiger partial charge < -0.3 is 31.9 Å². The summed E-state index contributed by atoms with van der Waals surface area (Å²) in [7, 11) is 5.59. The zero-order valence-electron chi connectivity index (χ0n) is 19.7. The fraction of sp³-hybridized carbons (Fsp3) is 0.857. The molecule has 0 aromatic rings. The first-order valence-corrected chi connectivity index (χ1v) is 11.0. The van der Waals surface area contributed by atoms with Crippen molar-refractivity contribution in [2.75, 3.05) is 60.4 Å². The SMILES string of the molecule is CNCC(C)CNC(=O)CC(CC(=O)NCC(C)CNC)C(=O)NC[C@@H](C)CNC. The molecule has 0 aromatic heterocycles. The van der Waals surface area contributed by atoms with Crippen molar-refractivity contribution in [3.05, 3.63) is 0 Å². The molecule has 3 amide bonds. The summed E-state index contributed by atoms with van der Waals surface area (Å²) in [6, 6.07) is 0. The second-order valence-electron chi connectivity index (χ2n) is 8.45. The molecular weight excluding hydrogens is 384 g/mol. The highest BCUT2D eigenvalue weighted by molar-refractivity contribution is 5.90. The van der Waals surface area contributed by atoms with Gasteiger partial charge in [-0.05, 0) is 58.5 Å². The predicted molar refractivity (Wildman–Crippen MR) is 121 cm³/mol. The molecule has 0 aliphatic rings. The highest BCUT2D eigenvalue weighted by Crippen LogP contribution is 2.10. The highest BCUT2D eigenvalue weighted by Gasteiger charge is 2.25. The average molecular weight is 429 g/mol. The van der Waals surface area contributed by atoms with Crippen LogP contribution in [0.2, 0.25) is 0 Å². The lowest BCUT2D eigenvalue weighted by molar-refractivity contribution is -0.133. The van der Waals surface area contributed by atoms with E-state index in [1.54, 1.807) is 0 Å². The maximum Gasteiger partial charge on any atom is 0.224 e. The fourth-order valence-corrected chi connectivity index (χ4v) is 3.11. The average Bonchev–Trinajstić information content (AvgIpc) is 2.69. The maximum atomic E-state index is 12.7. The zero-order chi connectivity index (χ0) is 22.9. The van der Waals surface area contributed by atoms with Crippen LogP contribution >= 0.6 is 0 Å². The molecule has 0 heterocycles. The van der Waals surface area contributed by atoms with Crippen LogP contribution in [0.1, 0.15) is 33.6 Å². The van der Waals surface area contributed by atoms with Gasteiger partial charge in [0.05, 0.1) is 5.92 Å². The van der Waals surface area contributed by atoms with E-state index in [2.05, 4.69) is 31.9 Å². The van der Waals surface area contributed by atoms with Gasteiger partial charge in [-0.1, -0.05) is 20.8 Å². The quantitative estimate of drug-likeness (QED) is 0.182. The first kappa shape index (κ1) is 28.3. The van der Waals surface area contributed by atoms with Crippen LogP contribution in [0, 0.1) is 23.7 Å². The second kappa shape index (κ2) is 17.0. The number of carbonyl (C=O) groups is 3. The van der Waals surface area contributed by atoms with Crippen molar-refractivity contribution in [3.63, 3.8) is 0 Å². The Balaban J connectivity index is 4.79. The minimum atomic E-state index is -0.689. The van der Waals surface area contributed by atoms with E-state index in [-0.39, 0.29) is 48.3 Å². The van der Waals surface area contributed by atoms with Crippen LogP contribution in [-0.4, -0.2) is 78.1 Å². The van der Waals surface area contributed by atoms with Crippen molar-refractivity contribution in [1.82, 2.24) is 31.9 Å². The van der Waals surface area contributed by atoms with Gasteiger partial charge in [0.15, 0.2) is 0 Å². The Morgan fingerprint density at radius 1 is 0.567 bits per heavy atom. The summed E-state index contributed by atoms with van der Waals surface area (Å²) in [5, 5.41) is 17.8. The number of rotatable bonds is 17. The molecule has 30 heavy (non-hydrogen) atoms. The molecular formula is C21H44N6O3. The van der Waals surface area contributed by atoms with Crippen LogP contribution in [0.5, 0.6) is 0 Å². The van der Waals surface area contributed by atoms with E-state index in [4.69, 9.17) is 0 Å². The summed E-state index contributed by atoms with van der Waals surface area (Å²) in [5.41, 5.74) is 0. The molecule has 176 valence electrons. The van der Waals surface area contributed by atoms with E-state index in [1.165, 1.54) is 0 Å². The molecule has 9 heteroatoms. The Bertz CT molecular complexity index is 473. The maximum absolute atomic E-state index is 12.7. The molecule has 2 unspecified atom stereocenters. The van der Waals surface area contributed by atoms with Gasteiger partial charge in [0, 0.05) is 32.5 Å². The summed E-state index contributed by atoms with van der Waals surface area (Å²) in [6.07, 6.45) is -0.00396. The van der Waals surface area contributed by atoms with Crippen molar-refractivity contribution in [2.24, 2.45) is 23.7 Å². The summed E-state index contributed by atoms with van der Waals surface area (Å²) < 4.78 is 0. The molecule has 0 bridgehead atoms. The topological polar surface area (TPSA) is 123 Å². The molecule has 0 aliphatic carbocycles. The van der Waals surface area contributed by atoms with Gasteiger partial charge in [-0.15, -0.1) is 0 Å². The molecule has 0 rings (SSSR count). The standard InChI is InChI=1S/C21H44N6O3/c1-15(9-22-4)12-25-19(28)7-18(21(30)27-14-17(3)11-24-6)8-20(29)26-13-16(2)10-23-5/h15-18,22-24H,7-14H2,1-6H3,(H,25,28)(H,26,29)(H,27,30)/t15?,16?,17-,18?/m0/s1. The van der Waals surface area contributed by atoms with Gasteiger partial charge >= 0.3 is 0 Å². The van der Waals surface area contributed by atoms with Gasteiger partial charge in [0.25, 0.3) is 0 Å². The van der Waals surface area contributed by atoms with E-state index in [1.807, 2.05) is 41.9 Å². The van der Waals surface area contributed by atoms with Crippen molar-refractivity contribution < 1.29 is 14.4 Å². The molecule has 0 fully saturated rings. The van der Waals surface area contributed by atoms with E-state index >= 15 is 0 Å². The summed E-state index contributed by atoms with van der Waals surface area (Å²) >= 11 is 0. The molecule has 6 N–H and O–H groups in total. The first-order valence-electron chi connectivity index (χ1n) is 11.0. The van der Waals surface area contributed by atoms with Crippen LogP contribution in [0.25, 0.3) is 0 Å². The van der Waals surface area contributed by atoms with Crippen molar-refractivity contribution >= 4 is 17.7 Å². The predicted octanol–water partition coefficient (Wildman–Crippen LogP) is -0.702. The smallest absolute Gasteiger partial charge is 0.224 e. The Labute approximate surface area is 182 Å². The number of carbonyl (C=O) groups excluding carboxylic acids is 3. The summed E-state index contributed by atoms with van der Waals surface area (Å²) in [6.45, 7) is 10.0. The highest BCUT2D eigenvalue weighted by atomic mass is 16.2. The molecule has 0 radical (unpaired) electrons. The van der Waals surface area contributed by atoms with Gasteiger partial charge in [0.1, 0.15) is 0 Å². The Hall–Kier alpha value is -1.71. The van der Waals surface area contributed by atoms with Crippen LogP contribution in [-0.2, 0) is 14.4 Å². The van der Waals surface area contributed by atoms with Crippen LogP contribution in [0.4, 0.5) is 0 Å². The van der Waals surface area contributed by atoms with Crippen LogP contribution in [0.15, 0.2) is 0 Å². The number of hydrogen-bond donors (Lipinski definition) is 6. The lowest BCUT2D eigenvalue weighted by atomic mass is 9.98. The fourth-order valence-electron chi connectivity index (χ4n) is 3.11. The number of hydrogen-bond acceptors (Lipinski definition) is 6. The molecule has 0 aliphatic heterocycles. The van der Waals surface area contributed by atoms with E-state index < -0.39 is 5.92 Å². The summed E-state index contributed by atoms with van der Waals surface area (Å²) in [4.78, 5) is 37.4. The lowest BCUT2D eigenvalue weighted by Gasteiger charge is -2.20. The van der Waals surface area contributed by atoms with Gasteiger partial charge in [-0.3, -0.25) is 14.4 Å². The monoisotopic (exact) mass is 428 g/mol. The first-order chi connectivity index (χ1) is 14.2. The Kier molecular flexibility index (Phi) is 16.0. The molecule has 0 saturated carbocycles. The Morgan fingerprint density at radius 3 is 1.23 bits per heavy atom. The van der Waals surface area contributed by atoms with Crippen molar-refractivity contribution in [3.8, 4) is 0 Å². The third-order valence-corrected chi connectivity index (χ3v) is 4.81. The molecule has 0 saturated heterocycles. The third-order valence-electron chi connectivity index (χ3n) is 4.81. The van der Waals surface area contributed by atoms with Crippen molar-refractivity contribution in [1.29, 1.82) is 0 Å². The number of amides is 3. The van der Waals surface area contributed by atoms with Gasteiger partial charge in [0.2, 0.25) is 17.7 Å². The van der Waals surface area contributed by atoms with E-state index in [9.17, 15) is 14.4 Å². The van der Waals surface area contributed by atoms with Gasteiger partial charge in [-0.25, -0.2) is 0 Å². The minimum Gasteiger partial charge on any atom is -0.356 e. The zero-order valence-corrected chi connectivity index (χ0v) is 19.7.